The summed E-state index contributed by atoms with van der Waals surface area (Å²) in [5.41, 5.74) is 0.978. The molecular formula is C16H24O3. The Hall–Kier alpha value is -1.51. The number of carbonyl (C=O) groups is 1. The van der Waals surface area contributed by atoms with Crippen LogP contribution >= 0.6 is 0 Å². The zero-order valence-corrected chi connectivity index (χ0v) is 12.4. The van der Waals surface area contributed by atoms with Crippen molar-refractivity contribution in [3.05, 3.63) is 23.8 Å². The van der Waals surface area contributed by atoms with Gasteiger partial charge in [0.25, 0.3) is 0 Å². The molecule has 0 fully saturated rings. The van der Waals surface area contributed by atoms with E-state index in [4.69, 9.17) is 9.47 Å². The largest absolute Gasteiger partial charge is 0.493 e. The summed E-state index contributed by atoms with van der Waals surface area (Å²) < 4.78 is 10.4. The molecule has 0 aliphatic carbocycles. The van der Waals surface area contributed by atoms with Gasteiger partial charge in [-0.2, -0.15) is 0 Å². The lowest BCUT2D eigenvalue weighted by Gasteiger charge is -2.11. The SMILES string of the molecule is CCCC(C)CC(=O)Cc1ccc(OC)c(OC)c1. The van der Waals surface area contributed by atoms with Gasteiger partial charge in [-0.25, -0.2) is 0 Å². The molecule has 106 valence electrons. The summed E-state index contributed by atoms with van der Waals surface area (Å²) in [6.45, 7) is 4.28. The molecule has 0 amide bonds. The molecule has 0 aliphatic rings. The maximum absolute atomic E-state index is 12.0. The lowest BCUT2D eigenvalue weighted by molar-refractivity contribution is -0.119. The summed E-state index contributed by atoms with van der Waals surface area (Å²) in [4.78, 5) is 12.0. The second kappa shape index (κ2) is 7.82. The number of ether oxygens (including phenoxy) is 2. The van der Waals surface area contributed by atoms with Gasteiger partial charge in [0, 0.05) is 12.8 Å². The van der Waals surface area contributed by atoms with E-state index in [-0.39, 0.29) is 5.78 Å². The second-order valence-electron chi connectivity index (χ2n) is 5.00. The average Bonchev–Trinajstić information content (AvgIpc) is 2.38. The fourth-order valence-electron chi connectivity index (χ4n) is 2.27. The Morgan fingerprint density at radius 1 is 1.21 bits per heavy atom. The molecule has 1 rings (SSSR count). The van der Waals surface area contributed by atoms with Crippen LogP contribution < -0.4 is 9.47 Å². The van der Waals surface area contributed by atoms with E-state index >= 15 is 0 Å². The summed E-state index contributed by atoms with van der Waals surface area (Å²) in [6, 6.07) is 5.64. The van der Waals surface area contributed by atoms with Gasteiger partial charge in [0.15, 0.2) is 11.5 Å². The quantitative estimate of drug-likeness (QED) is 0.719. The number of rotatable bonds is 8. The van der Waals surface area contributed by atoms with E-state index in [0.717, 1.165) is 18.4 Å². The molecule has 3 nitrogen and oxygen atoms in total. The fourth-order valence-corrected chi connectivity index (χ4v) is 2.27. The fraction of sp³-hybridized carbons (Fsp3) is 0.562. The molecule has 0 heterocycles. The summed E-state index contributed by atoms with van der Waals surface area (Å²) in [5.74, 6) is 2.12. The molecule has 0 spiro atoms. The van der Waals surface area contributed by atoms with E-state index in [2.05, 4.69) is 13.8 Å². The molecule has 1 aromatic rings. The summed E-state index contributed by atoms with van der Waals surface area (Å²) in [5, 5.41) is 0. The predicted molar refractivity (Wildman–Crippen MR) is 76.9 cm³/mol. The van der Waals surface area contributed by atoms with Crippen LogP contribution in [0.15, 0.2) is 18.2 Å². The van der Waals surface area contributed by atoms with Gasteiger partial charge >= 0.3 is 0 Å². The van der Waals surface area contributed by atoms with Crippen molar-refractivity contribution < 1.29 is 14.3 Å². The van der Waals surface area contributed by atoms with E-state index in [1.54, 1.807) is 14.2 Å². The van der Waals surface area contributed by atoms with Gasteiger partial charge < -0.3 is 9.47 Å². The summed E-state index contributed by atoms with van der Waals surface area (Å²) in [7, 11) is 3.21. The lowest BCUT2D eigenvalue weighted by atomic mass is 9.96. The Labute approximate surface area is 115 Å². The number of methoxy groups -OCH3 is 2. The van der Waals surface area contributed by atoms with Gasteiger partial charge in [-0.3, -0.25) is 4.79 Å². The highest BCUT2D eigenvalue weighted by atomic mass is 16.5. The van der Waals surface area contributed by atoms with Gasteiger partial charge in [0.2, 0.25) is 0 Å². The van der Waals surface area contributed by atoms with Crippen LogP contribution in [0, 0.1) is 5.92 Å². The number of carbonyl (C=O) groups excluding carboxylic acids is 1. The Balaban J connectivity index is 2.64. The topological polar surface area (TPSA) is 35.5 Å². The number of hydrogen-bond acceptors (Lipinski definition) is 3. The minimum Gasteiger partial charge on any atom is -0.493 e. The van der Waals surface area contributed by atoms with Gasteiger partial charge in [-0.1, -0.05) is 32.8 Å². The highest BCUT2D eigenvalue weighted by molar-refractivity contribution is 5.81. The van der Waals surface area contributed by atoms with Crippen LogP contribution in [0.3, 0.4) is 0 Å². The zero-order chi connectivity index (χ0) is 14.3. The van der Waals surface area contributed by atoms with Crippen LogP contribution in [0.2, 0.25) is 0 Å². The summed E-state index contributed by atoms with van der Waals surface area (Å²) in [6.07, 6.45) is 3.36. The number of benzene rings is 1. The first kappa shape index (κ1) is 15.5. The molecule has 0 saturated carbocycles. The van der Waals surface area contributed by atoms with Crippen molar-refractivity contribution in [2.45, 2.75) is 39.5 Å². The van der Waals surface area contributed by atoms with E-state index in [0.29, 0.717) is 30.3 Å². The minimum atomic E-state index is 0.285. The van der Waals surface area contributed by atoms with E-state index in [1.807, 2.05) is 18.2 Å². The molecule has 19 heavy (non-hydrogen) atoms. The van der Waals surface area contributed by atoms with Crippen LogP contribution in [0.4, 0.5) is 0 Å². The van der Waals surface area contributed by atoms with Gasteiger partial charge in [-0.15, -0.1) is 0 Å². The second-order valence-corrected chi connectivity index (χ2v) is 5.00. The number of Topliss-reactive ketones (excluding diaryl/α,β-unsaturated/α-hetero) is 1. The third-order valence-electron chi connectivity index (χ3n) is 3.21. The highest BCUT2D eigenvalue weighted by Gasteiger charge is 2.11. The van der Waals surface area contributed by atoms with Crippen molar-refractivity contribution >= 4 is 5.78 Å². The van der Waals surface area contributed by atoms with Crippen LogP contribution in [0.5, 0.6) is 11.5 Å². The van der Waals surface area contributed by atoms with E-state index in [1.165, 1.54) is 0 Å². The number of hydrogen-bond donors (Lipinski definition) is 0. The molecule has 0 N–H and O–H groups in total. The highest BCUT2D eigenvalue weighted by Crippen LogP contribution is 2.28. The number of ketones is 1. The Morgan fingerprint density at radius 3 is 2.47 bits per heavy atom. The predicted octanol–water partition coefficient (Wildman–Crippen LogP) is 3.64. The van der Waals surface area contributed by atoms with Crippen LogP contribution in [0.25, 0.3) is 0 Å². The summed E-state index contributed by atoms with van der Waals surface area (Å²) >= 11 is 0. The molecule has 1 unspecified atom stereocenters. The standard InChI is InChI=1S/C16H24O3/c1-5-6-12(2)9-14(17)10-13-7-8-15(18-3)16(11-13)19-4/h7-8,11-12H,5-6,9-10H2,1-4H3. The smallest absolute Gasteiger partial charge is 0.161 e. The van der Waals surface area contributed by atoms with Crippen molar-refractivity contribution in [2.24, 2.45) is 5.92 Å². The zero-order valence-electron chi connectivity index (χ0n) is 12.4. The monoisotopic (exact) mass is 264 g/mol. The Kier molecular flexibility index (Phi) is 6.40. The van der Waals surface area contributed by atoms with Gasteiger partial charge in [-0.05, 0) is 23.6 Å². The van der Waals surface area contributed by atoms with Crippen molar-refractivity contribution in [1.82, 2.24) is 0 Å². The third-order valence-corrected chi connectivity index (χ3v) is 3.21. The maximum Gasteiger partial charge on any atom is 0.161 e. The van der Waals surface area contributed by atoms with Crippen LogP contribution in [0.1, 0.15) is 38.7 Å². The first-order valence-electron chi connectivity index (χ1n) is 6.83. The average molecular weight is 264 g/mol. The normalized spacial score (nSPS) is 12.0. The maximum atomic E-state index is 12.0. The molecule has 0 saturated heterocycles. The first-order chi connectivity index (χ1) is 9.10. The molecule has 3 heteroatoms. The van der Waals surface area contributed by atoms with Crippen molar-refractivity contribution in [3.8, 4) is 11.5 Å². The van der Waals surface area contributed by atoms with Crippen molar-refractivity contribution in [1.29, 1.82) is 0 Å². The van der Waals surface area contributed by atoms with E-state index < -0.39 is 0 Å². The molecule has 0 aromatic heterocycles. The molecule has 0 aliphatic heterocycles. The van der Waals surface area contributed by atoms with Gasteiger partial charge in [0.1, 0.15) is 5.78 Å². The van der Waals surface area contributed by atoms with Crippen LogP contribution in [-0.2, 0) is 11.2 Å². The first-order valence-corrected chi connectivity index (χ1v) is 6.83. The Bertz CT molecular complexity index is 412. The molecule has 1 atom stereocenters. The minimum absolute atomic E-state index is 0.285. The van der Waals surface area contributed by atoms with E-state index in [9.17, 15) is 4.79 Å². The third kappa shape index (κ3) is 4.93. The van der Waals surface area contributed by atoms with Crippen molar-refractivity contribution in [3.63, 3.8) is 0 Å². The Morgan fingerprint density at radius 2 is 1.89 bits per heavy atom. The van der Waals surface area contributed by atoms with Crippen molar-refractivity contribution in [2.75, 3.05) is 14.2 Å². The lowest BCUT2D eigenvalue weighted by Crippen LogP contribution is -2.08. The van der Waals surface area contributed by atoms with Crippen LogP contribution in [-0.4, -0.2) is 20.0 Å². The molecule has 0 radical (unpaired) electrons. The molecular weight excluding hydrogens is 240 g/mol. The molecule has 0 bridgehead atoms. The van der Waals surface area contributed by atoms with Gasteiger partial charge in [0.05, 0.1) is 14.2 Å². The molecule has 1 aromatic carbocycles.